The average Bonchev–Trinajstić information content (AvgIpc) is 3.90. The minimum absolute atomic E-state index is 0.0329. The summed E-state index contributed by atoms with van der Waals surface area (Å²) in [5.41, 5.74) is 4.98. The number of likely N-dealkylation sites (tertiary alicyclic amines) is 2. The van der Waals surface area contributed by atoms with E-state index in [2.05, 4.69) is 32.4 Å². The Kier molecular flexibility index (Phi) is 6.96. The van der Waals surface area contributed by atoms with Crippen LogP contribution in [0, 0.1) is 11.8 Å². The highest BCUT2D eigenvalue weighted by atomic mass is 16.2. The smallest absolute Gasteiger partial charge is 0.245 e. The van der Waals surface area contributed by atoms with Gasteiger partial charge in [0, 0.05) is 37.1 Å². The van der Waals surface area contributed by atoms with Gasteiger partial charge in [-0.25, -0.2) is 9.97 Å². The van der Waals surface area contributed by atoms with Gasteiger partial charge in [-0.2, -0.15) is 0 Å². The first-order chi connectivity index (χ1) is 22.4. The normalized spacial score (nSPS) is 24.4. The van der Waals surface area contributed by atoms with Gasteiger partial charge in [-0.05, 0) is 74.9 Å². The molecule has 4 aliphatic heterocycles. The van der Waals surface area contributed by atoms with Gasteiger partial charge in [0.05, 0.1) is 34.2 Å². The number of nitrogens with one attached hydrogen (secondary N) is 4. The minimum atomic E-state index is -0.444. The third-order valence-electron chi connectivity index (χ3n) is 9.64. The predicted molar refractivity (Wildman–Crippen MR) is 168 cm³/mol. The van der Waals surface area contributed by atoms with Gasteiger partial charge in [0.15, 0.2) is 0 Å². The summed E-state index contributed by atoms with van der Waals surface area (Å²) in [7, 11) is 0. The van der Waals surface area contributed by atoms with Crippen molar-refractivity contribution in [2.75, 3.05) is 13.1 Å². The molecule has 12 nitrogen and oxygen atoms in total. The van der Waals surface area contributed by atoms with Crippen LogP contribution in [0.2, 0.25) is 0 Å². The van der Waals surface area contributed by atoms with Crippen molar-refractivity contribution in [1.29, 1.82) is 0 Å². The Morgan fingerprint density at radius 2 is 1.13 bits per heavy atom. The van der Waals surface area contributed by atoms with Crippen molar-refractivity contribution in [3.63, 3.8) is 0 Å². The van der Waals surface area contributed by atoms with Gasteiger partial charge < -0.3 is 30.4 Å². The van der Waals surface area contributed by atoms with Crippen LogP contribution in [0.1, 0.15) is 86.2 Å². The first kappa shape index (κ1) is 28.3. The van der Waals surface area contributed by atoms with E-state index in [4.69, 9.17) is 9.97 Å². The SMILES string of the molecule is O=C1CC[C@H](C(=O)N2CCC[C@H]2c2nc3cc(C#Cc4ccc5[nH]c([C@@H]6CCCN6C(=O)[C@H]6CCC(=O)N6)nc5c4)ccc3[nH]2)N1. The Bertz CT molecular complexity index is 1830. The molecule has 0 saturated carbocycles. The van der Waals surface area contributed by atoms with Gasteiger partial charge in [0.1, 0.15) is 23.7 Å². The number of aromatic nitrogens is 4. The van der Waals surface area contributed by atoms with Crippen molar-refractivity contribution < 1.29 is 19.2 Å². The standard InChI is InChI=1S/C34H34N8O4/c43-29-13-11-23(35-29)33(45)41-15-1-3-27(41)31-37-21-9-7-19(17-25(21)39-31)5-6-20-8-10-22-26(18-20)40-32(38-22)28-4-2-16-42(28)34(46)24-12-14-30(44)36-24/h7-10,17-18,23-24,27-28H,1-4,11-16H2,(H,35,43)(H,36,44)(H,37,39)(H,38,40)/t23-,24-,27+,28+/m1/s1. The van der Waals surface area contributed by atoms with E-state index in [1.807, 2.05) is 46.2 Å². The third kappa shape index (κ3) is 5.15. The Morgan fingerprint density at radius 3 is 1.54 bits per heavy atom. The van der Waals surface area contributed by atoms with Crippen LogP contribution in [0.5, 0.6) is 0 Å². The van der Waals surface area contributed by atoms with Gasteiger partial charge >= 0.3 is 0 Å². The lowest BCUT2D eigenvalue weighted by atomic mass is 10.1. The monoisotopic (exact) mass is 618 g/mol. The third-order valence-corrected chi connectivity index (χ3v) is 9.64. The summed E-state index contributed by atoms with van der Waals surface area (Å²) >= 11 is 0. The molecule has 0 unspecified atom stereocenters. The molecule has 2 aromatic carbocycles. The number of carbonyl (C=O) groups is 4. The number of fused-ring (bicyclic) bond motifs is 2. The molecule has 8 rings (SSSR count). The van der Waals surface area contributed by atoms with Crippen LogP contribution in [0.15, 0.2) is 36.4 Å². The fraction of sp³-hybridized carbons (Fsp3) is 0.412. The van der Waals surface area contributed by atoms with Crippen LogP contribution in [0.3, 0.4) is 0 Å². The predicted octanol–water partition coefficient (Wildman–Crippen LogP) is 2.72. The number of hydrogen-bond donors (Lipinski definition) is 4. The Labute approximate surface area is 264 Å². The zero-order valence-corrected chi connectivity index (χ0v) is 25.3. The van der Waals surface area contributed by atoms with Gasteiger partial charge in [0.25, 0.3) is 0 Å². The number of rotatable bonds is 4. The molecule has 4 atom stereocenters. The van der Waals surface area contributed by atoms with Crippen molar-refractivity contribution in [1.82, 2.24) is 40.4 Å². The summed E-state index contributed by atoms with van der Waals surface area (Å²) in [4.78, 5) is 69.8. The summed E-state index contributed by atoms with van der Waals surface area (Å²) in [6, 6.07) is 10.5. The first-order valence-electron chi connectivity index (χ1n) is 16.1. The zero-order chi connectivity index (χ0) is 31.4. The van der Waals surface area contributed by atoms with Crippen LogP contribution in [0.4, 0.5) is 0 Å². The number of carbonyl (C=O) groups excluding carboxylic acids is 4. The summed E-state index contributed by atoms with van der Waals surface area (Å²) in [6.45, 7) is 1.31. The molecule has 4 aliphatic rings. The van der Waals surface area contributed by atoms with Crippen LogP contribution in [0.25, 0.3) is 22.1 Å². The Morgan fingerprint density at radius 1 is 0.674 bits per heavy atom. The highest BCUT2D eigenvalue weighted by Crippen LogP contribution is 2.34. The fourth-order valence-electron chi connectivity index (χ4n) is 7.30. The van der Waals surface area contributed by atoms with Gasteiger partial charge in [0.2, 0.25) is 23.6 Å². The molecule has 4 amide bonds. The van der Waals surface area contributed by atoms with E-state index in [1.54, 1.807) is 0 Å². The molecule has 4 N–H and O–H groups in total. The molecule has 234 valence electrons. The molecule has 4 saturated heterocycles. The van der Waals surface area contributed by atoms with Crippen molar-refractivity contribution >= 4 is 45.7 Å². The number of aromatic amines is 2. The molecule has 12 heteroatoms. The van der Waals surface area contributed by atoms with Gasteiger partial charge in [-0.15, -0.1) is 0 Å². The van der Waals surface area contributed by atoms with Crippen LogP contribution < -0.4 is 10.6 Å². The van der Waals surface area contributed by atoms with E-state index in [-0.39, 0.29) is 35.7 Å². The van der Waals surface area contributed by atoms with Crippen molar-refractivity contribution in [2.45, 2.75) is 75.5 Å². The second-order valence-corrected chi connectivity index (χ2v) is 12.7. The van der Waals surface area contributed by atoms with E-state index >= 15 is 0 Å². The maximum atomic E-state index is 13.1. The van der Waals surface area contributed by atoms with Crippen LogP contribution >= 0.6 is 0 Å². The molecule has 2 aromatic heterocycles. The number of imidazole rings is 2. The highest BCUT2D eigenvalue weighted by molar-refractivity contribution is 5.92. The molecule has 4 fully saturated rings. The maximum absolute atomic E-state index is 13.1. The molecular formula is C34H34N8O4. The molecule has 0 radical (unpaired) electrons. The lowest BCUT2D eigenvalue weighted by Crippen LogP contribution is -2.44. The van der Waals surface area contributed by atoms with E-state index in [0.29, 0.717) is 38.8 Å². The molecule has 6 heterocycles. The molecular weight excluding hydrogens is 584 g/mol. The van der Waals surface area contributed by atoms with E-state index in [0.717, 1.165) is 70.5 Å². The van der Waals surface area contributed by atoms with Crippen molar-refractivity contribution in [3.05, 3.63) is 59.2 Å². The number of hydrogen-bond acceptors (Lipinski definition) is 6. The molecule has 0 aliphatic carbocycles. The number of amides is 4. The summed E-state index contributed by atoms with van der Waals surface area (Å²) < 4.78 is 0. The number of H-pyrrole nitrogens is 2. The van der Waals surface area contributed by atoms with Gasteiger partial charge in [-0.1, -0.05) is 11.8 Å². The fourth-order valence-corrected chi connectivity index (χ4v) is 7.30. The quantitative estimate of drug-likeness (QED) is 0.258. The number of benzene rings is 2. The molecule has 0 spiro atoms. The molecule has 46 heavy (non-hydrogen) atoms. The highest BCUT2D eigenvalue weighted by Gasteiger charge is 2.39. The second kappa shape index (κ2) is 11.3. The summed E-state index contributed by atoms with van der Waals surface area (Å²) in [5.74, 6) is 7.81. The number of nitrogens with zero attached hydrogens (tertiary/aromatic N) is 4. The van der Waals surface area contributed by atoms with E-state index in [9.17, 15) is 19.2 Å². The maximum Gasteiger partial charge on any atom is 0.245 e. The van der Waals surface area contributed by atoms with Crippen LogP contribution in [-0.4, -0.2) is 78.5 Å². The lowest BCUT2D eigenvalue weighted by Gasteiger charge is -2.26. The van der Waals surface area contributed by atoms with E-state index in [1.165, 1.54) is 0 Å². The Hall–Kier alpha value is -5.18. The van der Waals surface area contributed by atoms with Crippen molar-refractivity contribution in [3.8, 4) is 11.8 Å². The second-order valence-electron chi connectivity index (χ2n) is 12.7. The molecule has 4 aromatic rings. The summed E-state index contributed by atoms with van der Waals surface area (Å²) in [6.07, 6.45) is 5.30. The van der Waals surface area contributed by atoms with Gasteiger partial charge in [-0.3, -0.25) is 19.2 Å². The van der Waals surface area contributed by atoms with E-state index < -0.39 is 12.1 Å². The zero-order valence-electron chi connectivity index (χ0n) is 25.3. The Balaban J connectivity index is 0.985. The minimum Gasteiger partial charge on any atom is -0.344 e. The van der Waals surface area contributed by atoms with Crippen LogP contribution in [-0.2, 0) is 19.2 Å². The first-order valence-corrected chi connectivity index (χ1v) is 16.1. The topological polar surface area (TPSA) is 156 Å². The summed E-state index contributed by atoms with van der Waals surface area (Å²) in [5, 5.41) is 5.59. The molecule has 0 bridgehead atoms. The lowest BCUT2D eigenvalue weighted by molar-refractivity contribution is -0.135. The largest absolute Gasteiger partial charge is 0.344 e. The van der Waals surface area contributed by atoms with Crippen molar-refractivity contribution in [2.24, 2.45) is 0 Å². The average molecular weight is 619 g/mol.